The number of fused-ring (bicyclic) bond motifs is 1. The SMILES string of the molecule is Cc1ccc(-c2nc3nccc(C(=O)NCCc4ccc(OCC(=O)O)cc4)c3[nH]2)c(Cl)c1. The Labute approximate surface area is 194 Å². The van der Waals surface area contributed by atoms with Crippen molar-refractivity contribution in [1.82, 2.24) is 20.3 Å². The summed E-state index contributed by atoms with van der Waals surface area (Å²) >= 11 is 6.37. The summed E-state index contributed by atoms with van der Waals surface area (Å²) in [4.78, 5) is 35.3. The van der Waals surface area contributed by atoms with Gasteiger partial charge in [0.1, 0.15) is 11.6 Å². The highest BCUT2D eigenvalue weighted by molar-refractivity contribution is 6.33. The molecule has 2 heterocycles. The number of carbonyl (C=O) groups excluding carboxylic acids is 1. The Balaban J connectivity index is 1.43. The number of carboxylic acid groups (broad SMARTS) is 1. The third-order valence-corrected chi connectivity index (χ3v) is 5.31. The number of aromatic amines is 1. The topological polar surface area (TPSA) is 117 Å². The quantitative estimate of drug-likeness (QED) is 0.362. The molecule has 0 aliphatic carbocycles. The Kier molecular flexibility index (Phi) is 6.55. The molecule has 4 aromatic rings. The van der Waals surface area contributed by atoms with Gasteiger partial charge in [-0.2, -0.15) is 0 Å². The number of nitrogens with zero attached hydrogens (tertiary/aromatic N) is 2. The van der Waals surface area contributed by atoms with Crippen molar-refractivity contribution >= 4 is 34.6 Å². The lowest BCUT2D eigenvalue weighted by atomic mass is 10.1. The van der Waals surface area contributed by atoms with Gasteiger partial charge < -0.3 is 20.1 Å². The number of halogens is 1. The summed E-state index contributed by atoms with van der Waals surface area (Å²) in [6.45, 7) is 1.99. The molecule has 2 aromatic heterocycles. The van der Waals surface area contributed by atoms with E-state index in [2.05, 4.69) is 20.3 Å². The van der Waals surface area contributed by atoms with Crippen molar-refractivity contribution in [2.24, 2.45) is 0 Å². The molecule has 2 aromatic carbocycles. The summed E-state index contributed by atoms with van der Waals surface area (Å²) in [7, 11) is 0. The van der Waals surface area contributed by atoms with Crippen molar-refractivity contribution in [3.8, 4) is 17.1 Å². The maximum atomic E-state index is 12.8. The van der Waals surface area contributed by atoms with E-state index in [9.17, 15) is 9.59 Å². The number of pyridine rings is 1. The number of ether oxygens (including phenoxy) is 1. The standard InChI is InChI=1S/C24H21ClN4O4/c1-14-2-7-17(19(25)12-14)22-28-21-18(9-11-26-23(21)29-22)24(32)27-10-8-15-3-5-16(6-4-15)33-13-20(30)31/h2-7,9,11-12H,8,10,13H2,1H3,(H,27,32)(H,30,31)(H,26,28,29). The highest BCUT2D eigenvalue weighted by atomic mass is 35.5. The van der Waals surface area contributed by atoms with Crippen molar-refractivity contribution in [3.05, 3.63) is 76.4 Å². The zero-order chi connectivity index (χ0) is 23.4. The summed E-state index contributed by atoms with van der Waals surface area (Å²) in [6.07, 6.45) is 2.15. The van der Waals surface area contributed by atoms with Crippen LogP contribution in [0.3, 0.4) is 0 Å². The average Bonchev–Trinajstić information content (AvgIpc) is 3.22. The molecule has 1 amide bonds. The number of benzene rings is 2. The van der Waals surface area contributed by atoms with E-state index in [4.69, 9.17) is 21.4 Å². The second kappa shape index (κ2) is 9.70. The lowest BCUT2D eigenvalue weighted by Gasteiger charge is -2.07. The Hall–Kier alpha value is -3.91. The van der Waals surface area contributed by atoms with Crippen molar-refractivity contribution in [1.29, 1.82) is 0 Å². The maximum absolute atomic E-state index is 12.8. The van der Waals surface area contributed by atoms with Crippen LogP contribution in [0.4, 0.5) is 0 Å². The van der Waals surface area contributed by atoms with Crippen LogP contribution in [0.5, 0.6) is 5.75 Å². The summed E-state index contributed by atoms with van der Waals surface area (Å²) in [5.41, 5.74) is 4.19. The number of hydrogen-bond acceptors (Lipinski definition) is 5. The van der Waals surface area contributed by atoms with E-state index in [-0.39, 0.29) is 12.5 Å². The highest BCUT2D eigenvalue weighted by Crippen LogP contribution is 2.28. The molecule has 0 saturated carbocycles. The van der Waals surface area contributed by atoms with Gasteiger partial charge in [-0.15, -0.1) is 0 Å². The number of amides is 1. The Morgan fingerprint density at radius 1 is 1.15 bits per heavy atom. The first-order valence-corrected chi connectivity index (χ1v) is 10.6. The van der Waals surface area contributed by atoms with Crippen LogP contribution in [0.2, 0.25) is 5.02 Å². The van der Waals surface area contributed by atoms with Crippen molar-refractivity contribution < 1.29 is 19.4 Å². The number of aliphatic carboxylic acids is 1. The van der Waals surface area contributed by atoms with E-state index >= 15 is 0 Å². The first-order valence-electron chi connectivity index (χ1n) is 10.2. The van der Waals surface area contributed by atoms with Gasteiger partial charge in [-0.25, -0.2) is 14.8 Å². The van der Waals surface area contributed by atoms with Gasteiger partial charge in [-0.1, -0.05) is 29.8 Å². The van der Waals surface area contributed by atoms with Crippen LogP contribution < -0.4 is 10.1 Å². The third-order valence-electron chi connectivity index (χ3n) is 5.00. The van der Waals surface area contributed by atoms with Crippen molar-refractivity contribution in [2.45, 2.75) is 13.3 Å². The molecule has 0 spiro atoms. The summed E-state index contributed by atoms with van der Waals surface area (Å²) < 4.78 is 5.12. The largest absolute Gasteiger partial charge is 0.482 e. The maximum Gasteiger partial charge on any atom is 0.341 e. The minimum absolute atomic E-state index is 0.242. The van der Waals surface area contributed by atoms with E-state index in [1.54, 1.807) is 24.4 Å². The van der Waals surface area contributed by atoms with Crippen LogP contribution in [0.25, 0.3) is 22.6 Å². The number of aryl methyl sites for hydroxylation is 1. The molecule has 8 nitrogen and oxygen atoms in total. The second-order valence-electron chi connectivity index (χ2n) is 7.46. The molecular weight excluding hydrogens is 444 g/mol. The molecule has 9 heteroatoms. The van der Waals surface area contributed by atoms with E-state index in [1.165, 1.54) is 0 Å². The number of rotatable bonds is 8. The molecule has 0 saturated heterocycles. The monoisotopic (exact) mass is 464 g/mol. The first-order chi connectivity index (χ1) is 15.9. The molecule has 33 heavy (non-hydrogen) atoms. The zero-order valence-electron chi connectivity index (χ0n) is 17.8. The fraction of sp³-hybridized carbons (Fsp3) is 0.167. The van der Waals surface area contributed by atoms with Crippen LogP contribution >= 0.6 is 11.6 Å². The van der Waals surface area contributed by atoms with Gasteiger partial charge in [0.25, 0.3) is 5.91 Å². The van der Waals surface area contributed by atoms with Crippen LogP contribution in [0.1, 0.15) is 21.5 Å². The number of H-pyrrole nitrogens is 1. The average molecular weight is 465 g/mol. The van der Waals surface area contributed by atoms with Crippen molar-refractivity contribution in [2.75, 3.05) is 13.2 Å². The Morgan fingerprint density at radius 3 is 2.67 bits per heavy atom. The van der Waals surface area contributed by atoms with Gasteiger partial charge in [0.2, 0.25) is 0 Å². The van der Waals surface area contributed by atoms with Gasteiger partial charge in [-0.05, 0) is 54.8 Å². The molecule has 0 fully saturated rings. The van der Waals surface area contributed by atoms with E-state index in [0.717, 1.165) is 16.7 Å². The number of carboxylic acids is 1. The fourth-order valence-electron chi connectivity index (χ4n) is 3.35. The smallest absolute Gasteiger partial charge is 0.341 e. The lowest BCUT2D eigenvalue weighted by molar-refractivity contribution is -0.139. The number of aromatic nitrogens is 3. The van der Waals surface area contributed by atoms with Gasteiger partial charge in [0.15, 0.2) is 12.3 Å². The van der Waals surface area contributed by atoms with Crippen molar-refractivity contribution in [3.63, 3.8) is 0 Å². The van der Waals surface area contributed by atoms with Crippen LogP contribution in [-0.2, 0) is 11.2 Å². The van der Waals surface area contributed by atoms with E-state index < -0.39 is 5.97 Å². The normalized spacial score (nSPS) is 10.8. The van der Waals surface area contributed by atoms with Gasteiger partial charge in [0.05, 0.1) is 16.1 Å². The summed E-state index contributed by atoms with van der Waals surface area (Å²) in [5.74, 6) is -0.242. The second-order valence-corrected chi connectivity index (χ2v) is 7.87. The molecule has 3 N–H and O–H groups in total. The van der Waals surface area contributed by atoms with Gasteiger partial charge in [0, 0.05) is 18.3 Å². The molecule has 0 bridgehead atoms. The van der Waals surface area contributed by atoms with E-state index in [0.29, 0.717) is 46.3 Å². The predicted molar refractivity (Wildman–Crippen MR) is 125 cm³/mol. The number of nitrogens with one attached hydrogen (secondary N) is 2. The van der Waals surface area contributed by atoms with Gasteiger partial charge >= 0.3 is 5.97 Å². The third kappa shape index (κ3) is 5.30. The molecule has 0 atom stereocenters. The minimum atomic E-state index is -1.03. The van der Waals surface area contributed by atoms with Gasteiger partial charge in [-0.3, -0.25) is 4.79 Å². The summed E-state index contributed by atoms with van der Waals surface area (Å²) in [6, 6.07) is 14.4. The lowest BCUT2D eigenvalue weighted by Crippen LogP contribution is -2.26. The molecular formula is C24H21ClN4O4. The summed E-state index contributed by atoms with van der Waals surface area (Å²) in [5, 5.41) is 12.1. The predicted octanol–water partition coefficient (Wildman–Crippen LogP) is 4.02. The van der Waals surface area contributed by atoms with Crippen LogP contribution in [0, 0.1) is 6.92 Å². The fourth-order valence-corrected chi connectivity index (χ4v) is 3.68. The molecule has 168 valence electrons. The molecule has 0 aliphatic heterocycles. The molecule has 4 rings (SSSR count). The number of imidazole rings is 1. The number of carbonyl (C=O) groups is 2. The first kappa shape index (κ1) is 22.3. The minimum Gasteiger partial charge on any atom is -0.482 e. The molecule has 0 aliphatic rings. The zero-order valence-corrected chi connectivity index (χ0v) is 18.5. The van der Waals surface area contributed by atoms with Crippen LogP contribution in [0.15, 0.2) is 54.7 Å². The Morgan fingerprint density at radius 2 is 1.94 bits per heavy atom. The van der Waals surface area contributed by atoms with Crippen LogP contribution in [-0.4, -0.2) is 45.1 Å². The van der Waals surface area contributed by atoms with E-state index in [1.807, 2.05) is 37.3 Å². The Bertz CT molecular complexity index is 1320. The molecule has 0 radical (unpaired) electrons. The molecule has 0 unspecified atom stereocenters. The number of hydrogen-bond donors (Lipinski definition) is 3. The highest BCUT2D eigenvalue weighted by Gasteiger charge is 2.16.